The Labute approximate surface area is 183 Å². The number of hydrogen-bond acceptors (Lipinski definition) is 7. The molecule has 12 heteroatoms. The Morgan fingerprint density at radius 2 is 1.77 bits per heavy atom. The quantitative estimate of drug-likeness (QED) is 0.550. The predicted octanol–water partition coefficient (Wildman–Crippen LogP) is 3.12. The maximum atomic E-state index is 14.3. The minimum Gasteiger partial charge on any atom is -0.298 e. The first-order valence-electron chi connectivity index (χ1n) is 9.19. The summed E-state index contributed by atoms with van der Waals surface area (Å²) in [4.78, 5) is 16.4. The minimum atomic E-state index is -4.09. The Balaban J connectivity index is 1.92. The lowest BCUT2D eigenvalue weighted by molar-refractivity contribution is 0.102. The molecule has 166 valence electrons. The first-order valence-corrected chi connectivity index (χ1v) is 13.3. The number of nitrogens with one attached hydrogen (secondary N) is 1. The van der Waals surface area contributed by atoms with Crippen molar-refractivity contribution in [2.45, 2.75) is 23.6 Å². The van der Waals surface area contributed by atoms with Crippen molar-refractivity contribution in [3.8, 4) is 0 Å². The number of carbonyl (C=O) groups is 1. The molecule has 1 heterocycles. The monoisotopic (exact) mass is 485 g/mol. The molecule has 2 aromatic carbocycles. The van der Waals surface area contributed by atoms with Crippen molar-refractivity contribution < 1.29 is 26.0 Å². The van der Waals surface area contributed by atoms with E-state index >= 15 is 0 Å². The number of amides is 1. The molecule has 31 heavy (non-hydrogen) atoms. The Bertz CT molecular complexity index is 1360. The highest BCUT2D eigenvalue weighted by molar-refractivity contribution is 7.90. The maximum Gasteiger partial charge on any atom is 0.257 e. The third-order valence-corrected chi connectivity index (χ3v) is 8.63. The Morgan fingerprint density at radius 3 is 2.39 bits per heavy atom. The largest absolute Gasteiger partial charge is 0.298 e. The molecule has 3 rings (SSSR count). The van der Waals surface area contributed by atoms with Crippen molar-refractivity contribution >= 4 is 52.5 Å². The van der Waals surface area contributed by atoms with Gasteiger partial charge in [-0.2, -0.15) is 4.31 Å². The lowest BCUT2D eigenvalue weighted by Gasteiger charge is -2.19. The van der Waals surface area contributed by atoms with Crippen LogP contribution in [0.4, 0.5) is 9.52 Å². The smallest absolute Gasteiger partial charge is 0.257 e. The topological polar surface area (TPSA) is 114 Å². The Hall–Kier alpha value is -2.41. The molecule has 1 amide bonds. The highest BCUT2D eigenvalue weighted by Gasteiger charge is 2.26. The molecule has 0 bridgehead atoms. The van der Waals surface area contributed by atoms with E-state index in [2.05, 4.69) is 10.3 Å². The van der Waals surface area contributed by atoms with Crippen LogP contribution in [0.3, 0.4) is 0 Å². The molecule has 3 aromatic rings. The van der Waals surface area contributed by atoms with E-state index in [0.29, 0.717) is 10.2 Å². The number of sulfonamides is 1. The van der Waals surface area contributed by atoms with Crippen LogP contribution >= 0.6 is 11.3 Å². The highest BCUT2D eigenvalue weighted by Crippen LogP contribution is 2.29. The highest BCUT2D eigenvalue weighted by atomic mass is 32.2. The number of benzene rings is 2. The molecule has 0 radical (unpaired) electrons. The number of rotatable bonds is 7. The maximum absolute atomic E-state index is 14.3. The molecule has 0 aliphatic rings. The van der Waals surface area contributed by atoms with E-state index in [1.165, 1.54) is 24.3 Å². The molecular weight excluding hydrogens is 465 g/mol. The van der Waals surface area contributed by atoms with E-state index in [0.717, 1.165) is 34.0 Å². The summed E-state index contributed by atoms with van der Waals surface area (Å²) in [7, 11) is -7.48. The van der Waals surface area contributed by atoms with E-state index < -0.39 is 36.5 Å². The Morgan fingerprint density at radius 1 is 1.10 bits per heavy atom. The van der Waals surface area contributed by atoms with Gasteiger partial charge in [-0.25, -0.2) is 26.2 Å². The van der Waals surface area contributed by atoms with Crippen LogP contribution in [-0.2, 0) is 19.9 Å². The predicted molar refractivity (Wildman–Crippen MR) is 117 cm³/mol. The standard InChI is InChI=1S/C19H20FN3O5S3/c1-4-23(5-2)31(27,28)17-10-12(6-8-14(17)20)18(24)22-19-21-15-9-7-13(30(3,25)26)11-16(15)29-19/h6-11H,4-5H2,1-3H3,(H,21,22,24). The summed E-state index contributed by atoms with van der Waals surface area (Å²) >= 11 is 1.07. The van der Waals surface area contributed by atoms with Gasteiger partial charge in [-0.1, -0.05) is 25.2 Å². The van der Waals surface area contributed by atoms with Crippen LogP contribution in [0, 0.1) is 5.82 Å². The normalized spacial score (nSPS) is 12.4. The fourth-order valence-electron chi connectivity index (χ4n) is 2.90. The van der Waals surface area contributed by atoms with E-state index in [-0.39, 0.29) is 28.7 Å². The number of thiazole rings is 1. The fourth-order valence-corrected chi connectivity index (χ4v) is 6.07. The van der Waals surface area contributed by atoms with Gasteiger partial charge in [0, 0.05) is 24.9 Å². The fraction of sp³-hybridized carbons (Fsp3) is 0.263. The molecule has 8 nitrogen and oxygen atoms in total. The van der Waals surface area contributed by atoms with Gasteiger partial charge >= 0.3 is 0 Å². The number of aromatic nitrogens is 1. The Kier molecular flexibility index (Phi) is 6.46. The van der Waals surface area contributed by atoms with Crippen LogP contribution in [0.15, 0.2) is 46.2 Å². The van der Waals surface area contributed by atoms with Crippen molar-refractivity contribution in [3.63, 3.8) is 0 Å². The molecule has 0 spiro atoms. The van der Waals surface area contributed by atoms with Crippen LogP contribution in [0.25, 0.3) is 10.2 Å². The second-order valence-corrected chi connectivity index (χ2v) is 11.6. The molecule has 0 fully saturated rings. The molecule has 0 unspecified atom stereocenters. The molecule has 0 saturated carbocycles. The number of anilines is 1. The average Bonchev–Trinajstić information content (AvgIpc) is 3.09. The molecule has 0 aliphatic heterocycles. The van der Waals surface area contributed by atoms with Gasteiger partial charge in [0.15, 0.2) is 15.0 Å². The van der Waals surface area contributed by atoms with Gasteiger partial charge in [0.05, 0.1) is 15.1 Å². The third-order valence-electron chi connectivity index (χ3n) is 4.53. The zero-order valence-corrected chi connectivity index (χ0v) is 19.4. The van der Waals surface area contributed by atoms with Crippen LogP contribution < -0.4 is 5.32 Å². The van der Waals surface area contributed by atoms with E-state index in [1.807, 2.05) is 0 Å². The zero-order chi connectivity index (χ0) is 23.0. The summed E-state index contributed by atoms with van der Waals surface area (Å²) in [6.07, 6.45) is 1.09. The van der Waals surface area contributed by atoms with E-state index in [1.54, 1.807) is 13.8 Å². The van der Waals surface area contributed by atoms with Crippen molar-refractivity contribution in [1.82, 2.24) is 9.29 Å². The van der Waals surface area contributed by atoms with Crippen molar-refractivity contribution in [2.75, 3.05) is 24.7 Å². The van der Waals surface area contributed by atoms with Gasteiger partial charge in [0.25, 0.3) is 5.91 Å². The lowest BCUT2D eigenvalue weighted by Crippen LogP contribution is -2.31. The SMILES string of the molecule is CCN(CC)S(=O)(=O)c1cc(C(=O)Nc2nc3ccc(S(C)(=O)=O)cc3s2)ccc1F. The number of sulfone groups is 1. The number of fused-ring (bicyclic) bond motifs is 1. The van der Waals surface area contributed by atoms with Gasteiger partial charge in [0.1, 0.15) is 10.7 Å². The summed E-state index contributed by atoms with van der Waals surface area (Å²) in [6, 6.07) is 7.53. The summed E-state index contributed by atoms with van der Waals surface area (Å²) in [6.45, 7) is 3.60. The molecular formula is C19H20FN3O5S3. The number of carbonyl (C=O) groups excluding carboxylic acids is 1. The minimum absolute atomic E-state index is 0.0526. The summed E-state index contributed by atoms with van der Waals surface area (Å²) in [5.74, 6) is -1.62. The molecule has 0 saturated heterocycles. The van der Waals surface area contributed by atoms with Crippen molar-refractivity contribution in [2.24, 2.45) is 0 Å². The van der Waals surface area contributed by atoms with Crippen LogP contribution in [0.1, 0.15) is 24.2 Å². The number of nitrogens with zero attached hydrogens (tertiary/aromatic N) is 2. The molecule has 0 aliphatic carbocycles. The van der Waals surface area contributed by atoms with Crippen LogP contribution in [0.5, 0.6) is 0 Å². The van der Waals surface area contributed by atoms with Crippen LogP contribution in [-0.4, -0.2) is 51.4 Å². The molecule has 1 N–H and O–H groups in total. The van der Waals surface area contributed by atoms with Crippen molar-refractivity contribution in [1.29, 1.82) is 0 Å². The van der Waals surface area contributed by atoms with Gasteiger partial charge in [0.2, 0.25) is 10.0 Å². The molecule has 0 atom stereocenters. The molecule has 1 aromatic heterocycles. The van der Waals surface area contributed by atoms with Crippen molar-refractivity contribution in [3.05, 3.63) is 47.8 Å². The zero-order valence-electron chi connectivity index (χ0n) is 16.9. The summed E-state index contributed by atoms with van der Waals surface area (Å²) in [5.41, 5.74) is 0.444. The van der Waals surface area contributed by atoms with Gasteiger partial charge in [-0.05, 0) is 36.4 Å². The van der Waals surface area contributed by atoms with Crippen LogP contribution in [0.2, 0.25) is 0 Å². The van der Waals surface area contributed by atoms with E-state index in [4.69, 9.17) is 0 Å². The summed E-state index contributed by atoms with van der Waals surface area (Å²) < 4.78 is 64.7. The average molecular weight is 486 g/mol. The van der Waals surface area contributed by atoms with Gasteiger partial charge < -0.3 is 0 Å². The van der Waals surface area contributed by atoms with E-state index in [9.17, 15) is 26.0 Å². The van der Waals surface area contributed by atoms with Gasteiger partial charge in [-0.15, -0.1) is 0 Å². The second kappa shape index (κ2) is 8.61. The first-order chi connectivity index (χ1) is 14.5. The lowest BCUT2D eigenvalue weighted by atomic mass is 10.2. The summed E-state index contributed by atoms with van der Waals surface area (Å²) in [5, 5.41) is 2.75. The third kappa shape index (κ3) is 4.76. The van der Waals surface area contributed by atoms with Gasteiger partial charge in [-0.3, -0.25) is 10.1 Å². The first kappa shape index (κ1) is 23.3. The number of halogens is 1. The number of hydrogen-bond donors (Lipinski definition) is 1. The second-order valence-electron chi connectivity index (χ2n) is 6.61.